The summed E-state index contributed by atoms with van der Waals surface area (Å²) in [4.78, 5) is 26.1. The molecule has 106 valence electrons. The maximum absolute atomic E-state index is 12.1. The number of aromatic nitrogens is 1. The summed E-state index contributed by atoms with van der Waals surface area (Å²) in [6.07, 6.45) is 1.47. The van der Waals surface area contributed by atoms with Crippen molar-refractivity contribution in [1.29, 1.82) is 0 Å². The molecule has 1 heterocycles. The Balaban J connectivity index is 2.27. The molecule has 2 rings (SSSR count). The van der Waals surface area contributed by atoms with Crippen LogP contribution < -0.4 is 10.9 Å². The Kier molecular flexibility index (Phi) is 4.54. The van der Waals surface area contributed by atoms with E-state index in [1.165, 1.54) is 12.3 Å². The van der Waals surface area contributed by atoms with E-state index in [1.54, 1.807) is 18.2 Å². The summed E-state index contributed by atoms with van der Waals surface area (Å²) in [5, 5.41) is 11.4. The third kappa shape index (κ3) is 3.81. The lowest BCUT2D eigenvalue weighted by molar-refractivity contribution is 0.102. The van der Waals surface area contributed by atoms with Gasteiger partial charge in [-0.2, -0.15) is 0 Å². The number of anilines is 1. The molecule has 0 radical (unpaired) electrons. The molecular formula is C16H14N2O3. The zero-order valence-electron chi connectivity index (χ0n) is 11.4. The summed E-state index contributed by atoms with van der Waals surface area (Å²) in [5.41, 5.74) is 1.74. The number of amides is 1. The number of carbonyl (C=O) groups is 1. The number of H-pyrrole nitrogens is 1. The Morgan fingerprint density at radius 2 is 2.19 bits per heavy atom. The van der Waals surface area contributed by atoms with Crippen LogP contribution in [-0.2, 0) is 0 Å². The van der Waals surface area contributed by atoms with Crippen LogP contribution in [0.1, 0.15) is 21.5 Å². The third-order valence-electron chi connectivity index (χ3n) is 2.71. The van der Waals surface area contributed by atoms with E-state index in [0.29, 0.717) is 11.3 Å². The highest BCUT2D eigenvalue weighted by Gasteiger charge is 2.10. The molecule has 0 spiro atoms. The monoisotopic (exact) mass is 282 g/mol. The summed E-state index contributed by atoms with van der Waals surface area (Å²) < 4.78 is 0. The van der Waals surface area contributed by atoms with Crippen LogP contribution in [0.25, 0.3) is 0 Å². The van der Waals surface area contributed by atoms with Gasteiger partial charge in [-0.1, -0.05) is 11.8 Å². The first-order valence-corrected chi connectivity index (χ1v) is 6.30. The van der Waals surface area contributed by atoms with E-state index < -0.39 is 11.5 Å². The number of nitrogens with one attached hydrogen (secondary N) is 2. The van der Waals surface area contributed by atoms with Gasteiger partial charge in [-0.05, 0) is 42.8 Å². The normalized spacial score (nSPS) is 9.62. The fourth-order valence-electron chi connectivity index (χ4n) is 1.87. The topological polar surface area (TPSA) is 82.2 Å². The van der Waals surface area contributed by atoms with Crippen molar-refractivity contribution in [2.45, 2.75) is 6.92 Å². The molecule has 1 amide bonds. The van der Waals surface area contributed by atoms with Crippen molar-refractivity contribution in [1.82, 2.24) is 4.98 Å². The van der Waals surface area contributed by atoms with Crippen molar-refractivity contribution in [3.05, 3.63) is 63.6 Å². The van der Waals surface area contributed by atoms with Gasteiger partial charge in [0.1, 0.15) is 12.2 Å². The van der Waals surface area contributed by atoms with Crippen molar-refractivity contribution in [2.24, 2.45) is 0 Å². The summed E-state index contributed by atoms with van der Waals surface area (Å²) in [7, 11) is 0. The van der Waals surface area contributed by atoms with E-state index in [-0.39, 0.29) is 12.2 Å². The number of pyridine rings is 1. The molecule has 3 N–H and O–H groups in total. The second kappa shape index (κ2) is 6.55. The summed E-state index contributed by atoms with van der Waals surface area (Å²) in [6.45, 7) is 1.64. The van der Waals surface area contributed by atoms with Gasteiger partial charge < -0.3 is 15.4 Å². The van der Waals surface area contributed by atoms with Gasteiger partial charge in [0.05, 0.1) is 0 Å². The van der Waals surface area contributed by atoms with E-state index in [2.05, 4.69) is 22.1 Å². The fraction of sp³-hybridized carbons (Fsp3) is 0.125. The van der Waals surface area contributed by atoms with Gasteiger partial charge in [0.25, 0.3) is 11.5 Å². The van der Waals surface area contributed by atoms with Crippen LogP contribution in [-0.4, -0.2) is 22.6 Å². The van der Waals surface area contributed by atoms with Crippen molar-refractivity contribution in [3.63, 3.8) is 0 Å². The third-order valence-corrected chi connectivity index (χ3v) is 2.71. The highest BCUT2D eigenvalue weighted by atomic mass is 16.2. The van der Waals surface area contributed by atoms with Crippen LogP contribution in [0.5, 0.6) is 0 Å². The Morgan fingerprint density at radius 3 is 2.90 bits per heavy atom. The SMILES string of the molecule is Cc1cc(C#CCO)cc(NC(=O)c2ccc[nH]c2=O)c1. The molecule has 0 unspecified atom stereocenters. The molecule has 0 fully saturated rings. The molecule has 0 bridgehead atoms. The van der Waals surface area contributed by atoms with Crippen molar-refractivity contribution >= 4 is 11.6 Å². The highest BCUT2D eigenvalue weighted by Crippen LogP contribution is 2.14. The Hall–Kier alpha value is -2.84. The van der Waals surface area contributed by atoms with Gasteiger partial charge in [-0.25, -0.2) is 0 Å². The number of benzene rings is 1. The molecule has 21 heavy (non-hydrogen) atoms. The van der Waals surface area contributed by atoms with E-state index in [0.717, 1.165) is 5.56 Å². The maximum atomic E-state index is 12.1. The van der Waals surface area contributed by atoms with E-state index in [4.69, 9.17) is 5.11 Å². The second-order valence-electron chi connectivity index (χ2n) is 4.41. The summed E-state index contributed by atoms with van der Waals surface area (Å²) in [6, 6.07) is 8.35. The van der Waals surface area contributed by atoms with Crippen molar-refractivity contribution < 1.29 is 9.90 Å². The van der Waals surface area contributed by atoms with Crippen LogP contribution in [0.4, 0.5) is 5.69 Å². The minimum Gasteiger partial charge on any atom is -0.384 e. The predicted molar refractivity (Wildman–Crippen MR) is 80.2 cm³/mol. The van der Waals surface area contributed by atoms with Crippen LogP contribution in [0.3, 0.4) is 0 Å². The molecule has 0 aliphatic rings. The van der Waals surface area contributed by atoms with Crippen LogP contribution in [0, 0.1) is 18.8 Å². The Bertz CT molecular complexity index is 782. The van der Waals surface area contributed by atoms with Gasteiger partial charge in [0.2, 0.25) is 0 Å². The average Bonchev–Trinajstić information content (AvgIpc) is 2.45. The average molecular weight is 282 g/mol. The first-order valence-electron chi connectivity index (χ1n) is 6.30. The number of aryl methyl sites for hydroxylation is 1. The molecular weight excluding hydrogens is 268 g/mol. The lowest BCUT2D eigenvalue weighted by Crippen LogP contribution is -2.22. The molecule has 5 heteroatoms. The number of hydrogen-bond donors (Lipinski definition) is 3. The van der Waals surface area contributed by atoms with Crippen LogP contribution >= 0.6 is 0 Å². The van der Waals surface area contributed by atoms with Crippen molar-refractivity contribution in [2.75, 3.05) is 11.9 Å². The molecule has 0 atom stereocenters. The fourth-order valence-corrected chi connectivity index (χ4v) is 1.87. The molecule has 1 aromatic carbocycles. The van der Waals surface area contributed by atoms with Crippen LogP contribution in [0.2, 0.25) is 0 Å². The van der Waals surface area contributed by atoms with Gasteiger partial charge in [-0.15, -0.1) is 0 Å². The molecule has 0 saturated heterocycles. The van der Waals surface area contributed by atoms with E-state index in [9.17, 15) is 9.59 Å². The van der Waals surface area contributed by atoms with E-state index in [1.807, 2.05) is 13.0 Å². The Labute approximate surface area is 121 Å². The van der Waals surface area contributed by atoms with Gasteiger partial charge in [0, 0.05) is 17.4 Å². The number of carbonyl (C=O) groups excluding carboxylic acids is 1. The highest BCUT2D eigenvalue weighted by molar-refractivity contribution is 6.04. The molecule has 0 aliphatic carbocycles. The number of aliphatic hydroxyl groups excluding tert-OH is 1. The number of aliphatic hydroxyl groups is 1. The van der Waals surface area contributed by atoms with Gasteiger partial charge in [-0.3, -0.25) is 9.59 Å². The number of hydrogen-bond acceptors (Lipinski definition) is 3. The van der Waals surface area contributed by atoms with E-state index >= 15 is 0 Å². The first-order chi connectivity index (χ1) is 10.1. The first kappa shape index (κ1) is 14.6. The standard InChI is InChI=1S/C16H14N2O3/c1-11-8-12(4-3-7-19)10-13(9-11)18-16(21)14-5-2-6-17-15(14)20/h2,5-6,8-10,19H,7H2,1H3,(H,17,20)(H,18,21). The zero-order chi connectivity index (χ0) is 15.2. The Morgan fingerprint density at radius 1 is 1.38 bits per heavy atom. The predicted octanol–water partition coefficient (Wildman–Crippen LogP) is 1.28. The molecule has 0 saturated carbocycles. The molecule has 5 nitrogen and oxygen atoms in total. The second-order valence-corrected chi connectivity index (χ2v) is 4.41. The minimum absolute atomic E-state index is 0.0435. The van der Waals surface area contributed by atoms with Gasteiger partial charge >= 0.3 is 0 Å². The summed E-state index contributed by atoms with van der Waals surface area (Å²) in [5.74, 6) is 4.85. The van der Waals surface area contributed by atoms with Crippen LogP contribution in [0.15, 0.2) is 41.3 Å². The number of rotatable bonds is 2. The zero-order valence-corrected chi connectivity index (χ0v) is 11.4. The van der Waals surface area contributed by atoms with Gasteiger partial charge in [0.15, 0.2) is 0 Å². The summed E-state index contributed by atoms with van der Waals surface area (Å²) >= 11 is 0. The maximum Gasteiger partial charge on any atom is 0.261 e. The molecule has 0 aliphatic heterocycles. The lowest BCUT2D eigenvalue weighted by Gasteiger charge is -2.06. The smallest absolute Gasteiger partial charge is 0.261 e. The van der Waals surface area contributed by atoms with Crippen molar-refractivity contribution in [3.8, 4) is 11.8 Å². The quantitative estimate of drug-likeness (QED) is 0.726. The lowest BCUT2D eigenvalue weighted by atomic mass is 10.1. The molecule has 2 aromatic rings. The largest absolute Gasteiger partial charge is 0.384 e. The molecule has 1 aromatic heterocycles. The minimum atomic E-state index is -0.483. The number of aromatic amines is 1.